The van der Waals surface area contributed by atoms with E-state index in [4.69, 9.17) is 4.74 Å². The molecule has 1 fully saturated rings. The van der Waals surface area contributed by atoms with Crippen molar-refractivity contribution >= 4 is 23.2 Å². The smallest absolute Gasteiger partial charge is 0.416 e. The summed E-state index contributed by atoms with van der Waals surface area (Å²) in [5.41, 5.74) is 0.829. The number of alkyl halides is 3. The van der Waals surface area contributed by atoms with Crippen LogP contribution in [0.5, 0.6) is 5.75 Å². The molecule has 0 aliphatic heterocycles. The summed E-state index contributed by atoms with van der Waals surface area (Å²) in [6, 6.07) is 11.3. The Morgan fingerprint density at radius 1 is 0.974 bits per heavy atom. The summed E-state index contributed by atoms with van der Waals surface area (Å²) in [5.74, 6) is 0.351. The summed E-state index contributed by atoms with van der Waals surface area (Å²) in [6.45, 7) is 4.50. The zero-order chi connectivity index (χ0) is 27.3. The largest absolute Gasteiger partial charge is 0.486 e. The molecule has 4 rings (SSSR count). The second kappa shape index (κ2) is 12.0. The predicted molar refractivity (Wildman–Crippen MR) is 139 cm³/mol. The number of halogens is 3. The Bertz CT molecular complexity index is 1240. The molecule has 1 saturated carbocycles. The van der Waals surface area contributed by atoms with E-state index < -0.39 is 17.6 Å². The maximum Gasteiger partial charge on any atom is 0.416 e. The zero-order valence-corrected chi connectivity index (χ0v) is 22.0. The molecule has 38 heavy (non-hydrogen) atoms. The summed E-state index contributed by atoms with van der Waals surface area (Å²) < 4.78 is 44.2. The molecule has 10 heteroatoms. The van der Waals surface area contributed by atoms with E-state index in [9.17, 15) is 22.8 Å². The number of carbonyl (C=O) groups excluding carboxylic acids is 2. The lowest BCUT2D eigenvalue weighted by atomic mass is 9.90. The molecule has 2 atom stereocenters. The highest BCUT2D eigenvalue weighted by molar-refractivity contribution is 7.09. The van der Waals surface area contributed by atoms with E-state index in [1.807, 2.05) is 24.3 Å². The number of rotatable bonds is 8. The molecular weight excluding hydrogens is 515 g/mol. The summed E-state index contributed by atoms with van der Waals surface area (Å²) in [4.78, 5) is 30.0. The molecule has 0 unspecified atom stereocenters. The lowest BCUT2D eigenvalue weighted by molar-refractivity contribution is -0.137. The van der Waals surface area contributed by atoms with Gasteiger partial charge in [-0.3, -0.25) is 9.59 Å². The third-order valence-corrected chi connectivity index (χ3v) is 7.39. The highest BCUT2D eigenvalue weighted by Crippen LogP contribution is 2.29. The quantitative estimate of drug-likeness (QED) is 0.346. The van der Waals surface area contributed by atoms with E-state index >= 15 is 0 Å². The number of nitrogens with one attached hydrogen (secondary N) is 2. The minimum Gasteiger partial charge on any atom is -0.486 e. The molecular formula is C28H30F3N3O3S. The topological polar surface area (TPSA) is 80.3 Å². The van der Waals surface area contributed by atoms with Crippen molar-refractivity contribution in [2.45, 2.75) is 70.3 Å². The molecule has 202 valence electrons. The van der Waals surface area contributed by atoms with Crippen LogP contribution >= 0.6 is 11.3 Å². The number of aromatic nitrogens is 1. The maximum absolute atomic E-state index is 12.9. The highest BCUT2D eigenvalue weighted by Gasteiger charge is 2.31. The van der Waals surface area contributed by atoms with Crippen LogP contribution in [0.15, 0.2) is 53.9 Å². The molecule has 1 heterocycles. The molecule has 0 bridgehead atoms. The molecule has 1 aliphatic rings. The van der Waals surface area contributed by atoms with Crippen LogP contribution < -0.4 is 15.4 Å². The van der Waals surface area contributed by atoms with Crippen molar-refractivity contribution in [2.75, 3.05) is 0 Å². The Morgan fingerprint density at radius 3 is 2.16 bits per heavy atom. The monoisotopic (exact) mass is 545 g/mol. The molecule has 1 aromatic heterocycles. The number of amides is 2. The lowest BCUT2D eigenvalue weighted by Gasteiger charge is -2.32. The Labute approximate surface area is 223 Å². The second-order valence-corrected chi connectivity index (χ2v) is 10.6. The average Bonchev–Trinajstić information content (AvgIpc) is 3.38. The Balaban J connectivity index is 1.32. The zero-order valence-electron chi connectivity index (χ0n) is 21.2. The first kappa shape index (κ1) is 27.6. The van der Waals surface area contributed by atoms with Gasteiger partial charge in [-0.05, 0) is 60.7 Å². The Morgan fingerprint density at radius 2 is 1.58 bits per heavy atom. The van der Waals surface area contributed by atoms with Gasteiger partial charge in [0.15, 0.2) is 0 Å². The van der Waals surface area contributed by atoms with Gasteiger partial charge in [0.2, 0.25) is 0 Å². The molecule has 6 nitrogen and oxygen atoms in total. The molecule has 2 N–H and O–H groups in total. The fraction of sp³-hybridized carbons (Fsp3) is 0.393. The number of carbonyl (C=O) groups is 2. The van der Waals surface area contributed by atoms with Gasteiger partial charge in [-0.2, -0.15) is 13.2 Å². The van der Waals surface area contributed by atoms with Crippen LogP contribution in [0.2, 0.25) is 0 Å². The van der Waals surface area contributed by atoms with Gasteiger partial charge < -0.3 is 15.4 Å². The van der Waals surface area contributed by atoms with Crippen LogP contribution in [0, 0.1) is 0 Å². The van der Waals surface area contributed by atoms with Crippen LogP contribution in [0.3, 0.4) is 0 Å². The summed E-state index contributed by atoms with van der Waals surface area (Å²) in [6.07, 6.45) is -1.36. The number of benzene rings is 2. The average molecular weight is 546 g/mol. The maximum atomic E-state index is 12.9. The molecule has 0 spiro atoms. The summed E-state index contributed by atoms with van der Waals surface area (Å²) in [5, 5.41) is 8.20. The van der Waals surface area contributed by atoms with Crippen LogP contribution in [-0.4, -0.2) is 28.9 Å². The molecule has 3 aromatic rings. The standard InChI is InChI=1S/C28H30F3N3O3S/c1-17(2)18-9-13-21(14-10-18)37-15-25-32-24(16-38-25)27(36)34-23-6-4-3-5-22(23)33-26(35)19-7-11-20(12-8-19)28(29,30)31/h7-14,16-17,22-23H,3-6,15H2,1-2H3,(H,33,35)(H,34,36)/t22-,23-/m1/s1. The van der Waals surface area contributed by atoms with Crippen molar-refractivity contribution in [3.63, 3.8) is 0 Å². The van der Waals surface area contributed by atoms with E-state index in [2.05, 4.69) is 29.5 Å². The Kier molecular flexibility index (Phi) is 8.71. The van der Waals surface area contributed by atoms with E-state index in [1.54, 1.807) is 5.38 Å². The third-order valence-electron chi connectivity index (χ3n) is 6.57. The SMILES string of the molecule is CC(C)c1ccc(OCc2nc(C(=O)N[C@@H]3CCCC[C@H]3NC(=O)c3ccc(C(F)(F)F)cc3)cs2)cc1. The Hall–Kier alpha value is -3.40. The van der Waals surface area contributed by atoms with E-state index in [1.165, 1.54) is 16.9 Å². The van der Waals surface area contributed by atoms with E-state index in [0.717, 1.165) is 42.9 Å². The molecule has 0 radical (unpaired) electrons. The number of nitrogens with zero attached hydrogens (tertiary/aromatic N) is 1. The van der Waals surface area contributed by atoms with Gasteiger partial charge in [0.05, 0.1) is 5.56 Å². The van der Waals surface area contributed by atoms with Crippen molar-refractivity contribution in [3.05, 3.63) is 81.3 Å². The first-order valence-electron chi connectivity index (χ1n) is 12.6. The summed E-state index contributed by atoms with van der Waals surface area (Å²) >= 11 is 1.33. The second-order valence-electron chi connectivity index (χ2n) is 9.66. The van der Waals surface area contributed by atoms with Crippen molar-refractivity contribution < 1.29 is 27.5 Å². The number of thiazole rings is 1. The van der Waals surface area contributed by atoms with Crippen LogP contribution in [0.1, 0.15) is 82.4 Å². The van der Waals surface area contributed by atoms with Crippen LogP contribution in [0.25, 0.3) is 0 Å². The van der Waals surface area contributed by atoms with Gasteiger partial charge in [0.1, 0.15) is 23.1 Å². The van der Waals surface area contributed by atoms with Crippen LogP contribution in [0.4, 0.5) is 13.2 Å². The van der Waals surface area contributed by atoms with Gasteiger partial charge in [-0.15, -0.1) is 11.3 Å². The van der Waals surface area contributed by atoms with Crippen molar-refractivity contribution in [2.24, 2.45) is 0 Å². The molecule has 2 amide bonds. The molecule has 2 aromatic carbocycles. The normalized spacial score (nSPS) is 17.7. The first-order valence-corrected chi connectivity index (χ1v) is 13.4. The minimum absolute atomic E-state index is 0.136. The minimum atomic E-state index is -4.46. The number of ether oxygens (including phenoxy) is 1. The van der Waals surface area contributed by atoms with E-state index in [-0.39, 0.29) is 35.9 Å². The third kappa shape index (κ3) is 7.12. The number of hydrogen-bond acceptors (Lipinski definition) is 5. The molecule has 1 aliphatic carbocycles. The molecule has 0 saturated heterocycles. The van der Waals surface area contributed by atoms with Crippen molar-refractivity contribution in [1.29, 1.82) is 0 Å². The number of hydrogen-bond donors (Lipinski definition) is 2. The highest BCUT2D eigenvalue weighted by atomic mass is 32.1. The van der Waals surface area contributed by atoms with Gasteiger partial charge in [0.25, 0.3) is 11.8 Å². The van der Waals surface area contributed by atoms with Gasteiger partial charge in [-0.1, -0.05) is 38.8 Å². The predicted octanol–water partition coefficient (Wildman–Crippen LogP) is 6.34. The van der Waals surface area contributed by atoms with Gasteiger partial charge >= 0.3 is 6.18 Å². The van der Waals surface area contributed by atoms with Gasteiger partial charge in [-0.25, -0.2) is 4.98 Å². The first-order chi connectivity index (χ1) is 18.1. The van der Waals surface area contributed by atoms with Crippen molar-refractivity contribution in [3.8, 4) is 5.75 Å². The van der Waals surface area contributed by atoms with E-state index in [0.29, 0.717) is 23.8 Å². The van der Waals surface area contributed by atoms with Crippen LogP contribution in [-0.2, 0) is 12.8 Å². The van der Waals surface area contributed by atoms with Crippen molar-refractivity contribution in [1.82, 2.24) is 15.6 Å². The fourth-order valence-corrected chi connectivity index (χ4v) is 5.04. The van der Waals surface area contributed by atoms with Gasteiger partial charge in [0, 0.05) is 23.0 Å². The summed E-state index contributed by atoms with van der Waals surface area (Å²) in [7, 11) is 0. The fourth-order valence-electron chi connectivity index (χ4n) is 4.36. The lowest BCUT2D eigenvalue weighted by Crippen LogP contribution is -2.53.